The third-order valence-corrected chi connectivity index (χ3v) is 4.80. The van der Waals surface area contributed by atoms with Crippen LogP contribution in [0.25, 0.3) is 0 Å². The van der Waals surface area contributed by atoms with Crippen molar-refractivity contribution in [2.24, 2.45) is 0 Å². The second-order valence-electron chi connectivity index (χ2n) is 6.08. The molecule has 2 amide bonds. The van der Waals surface area contributed by atoms with Gasteiger partial charge in [-0.05, 0) is 54.9 Å². The summed E-state index contributed by atoms with van der Waals surface area (Å²) in [4.78, 5) is 23.5. The van der Waals surface area contributed by atoms with Crippen LogP contribution in [0, 0.1) is 6.92 Å². The highest BCUT2D eigenvalue weighted by Crippen LogP contribution is 2.33. The van der Waals surface area contributed by atoms with Crippen molar-refractivity contribution in [3.8, 4) is 0 Å². The Balaban J connectivity index is 2.14. The SMILES string of the molecule is CC(=O)NCCc1cc(Cl)c(C)cc1C1CCN(C(=O)O)CC1. The van der Waals surface area contributed by atoms with E-state index in [-0.39, 0.29) is 5.91 Å². The molecule has 0 bridgehead atoms. The number of carboxylic acid groups (broad SMARTS) is 1. The smallest absolute Gasteiger partial charge is 0.407 e. The molecule has 5 nitrogen and oxygen atoms in total. The lowest BCUT2D eigenvalue weighted by molar-refractivity contribution is -0.118. The van der Waals surface area contributed by atoms with E-state index in [1.54, 1.807) is 0 Å². The fourth-order valence-corrected chi connectivity index (χ4v) is 3.28. The van der Waals surface area contributed by atoms with Gasteiger partial charge in [0.2, 0.25) is 5.91 Å². The van der Waals surface area contributed by atoms with Crippen LogP contribution in [-0.2, 0) is 11.2 Å². The number of halogens is 1. The van der Waals surface area contributed by atoms with Crippen molar-refractivity contribution < 1.29 is 14.7 Å². The van der Waals surface area contributed by atoms with E-state index in [9.17, 15) is 9.59 Å². The van der Waals surface area contributed by atoms with Crippen molar-refractivity contribution in [1.29, 1.82) is 0 Å². The molecule has 0 atom stereocenters. The van der Waals surface area contributed by atoms with E-state index in [0.29, 0.717) is 25.6 Å². The fraction of sp³-hybridized carbons (Fsp3) is 0.529. The van der Waals surface area contributed by atoms with Gasteiger partial charge in [0.25, 0.3) is 0 Å². The van der Waals surface area contributed by atoms with Crippen molar-refractivity contribution in [3.63, 3.8) is 0 Å². The summed E-state index contributed by atoms with van der Waals surface area (Å²) in [5.41, 5.74) is 3.41. The van der Waals surface area contributed by atoms with Gasteiger partial charge in [-0.3, -0.25) is 4.79 Å². The molecule has 0 saturated carbocycles. The average Bonchev–Trinajstić information content (AvgIpc) is 2.50. The Bertz CT molecular complexity index is 596. The zero-order valence-corrected chi connectivity index (χ0v) is 14.3. The molecule has 126 valence electrons. The van der Waals surface area contributed by atoms with Crippen LogP contribution < -0.4 is 5.32 Å². The molecule has 6 heteroatoms. The molecule has 1 saturated heterocycles. The van der Waals surface area contributed by atoms with Crippen molar-refractivity contribution >= 4 is 23.6 Å². The van der Waals surface area contributed by atoms with E-state index in [4.69, 9.17) is 16.7 Å². The zero-order chi connectivity index (χ0) is 17.0. The Hall–Kier alpha value is -1.75. The summed E-state index contributed by atoms with van der Waals surface area (Å²) < 4.78 is 0. The number of likely N-dealkylation sites (tertiary alicyclic amines) is 1. The molecule has 1 aromatic carbocycles. The van der Waals surface area contributed by atoms with Crippen molar-refractivity contribution in [3.05, 3.63) is 33.8 Å². The molecule has 1 fully saturated rings. The van der Waals surface area contributed by atoms with Gasteiger partial charge >= 0.3 is 6.09 Å². The molecule has 1 aliphatic rings. The standard InChI is InChI=1S/C17H23ClN2O3/c1-11-9-15(13-4-7-20(8-5-13)17(22)23)14(10-16(11)18)3-6-19-12(2)21/h9-10,13H,3-8H2,1-2H3,(H,19,21)(H,22,23). The van der Waals surface area contributed by atoms with E-state index in [1.807, 2.05) is 13.0 Å². The van der Waals surface area contributed by atoms with Gasteiger partial charge in [-0.1, -0.05) is 17.7 Å². The third-order valence-electron chi connectivity index (χ3n) is 4.39. The van der Waals surface area contributed by atoms with Gasteiger partial charge in [-0.2, -0.15) is 0 Å². The van der Waals surface area contributed by atoms with Crippen LogP contribution in [0.15, 0.2) is 12.1 Å². The number of nitrogens with one attached hydrogen (secondary N) is 1. The average molecular weight is 339 g/mol. The Morgan fingerprint density at radius 1 is 1.35 bits per heavy atom. The number of amides is 2. The van der Waals surface area contributed by atoms with Crippen LogP contribution in [0.5, 0.6) is 0 Å². The molecule has 1 heterocycles. The van der Waals surface area contributed by atoms with Crippen LogP contribution in [0.1, 0.15) is 42.4 Å². The summed E-state index contributed by atoms with van der Waals surface area (Å²) in [5, 5.41) is 12.6. The first-order valence-corrected chi connectivity index (χ1v) is 8.27. The first-order valence-electron chi connectivity index (χ1n) is 7.89. The molecule has 0 aliphatic carbocycles. The maximum atomic E-state index is 11.0. The number of nitrogens with zero attached hydrogens (tertiary/aromatic N) is 1. The molecule has 0 spiro atoms. The predicted octanol–water partition coefficient (Wildman–Crippen LogP) is 3.18. The van der Waals surface area contributed by atoms with Crippen molar-refractivity contribution in [2.45, 2.75) is 39.0 Å². The molecule has 1 aromatic rings. The summed E-state index contributed by atoms with van der Waals surface area (Å²) >= 11 is 6.26. The van der Waals surface area contributed by atoms with E-state index >= 15 is 0 Å². The third kappa shape index (κ3) is 4.61. The summed E-state index contributed by atoms with van der Waals surface area (Å²) in [5.74, 6) is 0.299. The van der Waals surface area contributed by atoms with Gasteiger partial charge in [0, 0.05) is 31.6 Å². The Labute approximate surface area is 141 Å². The Morgan fingerprint density at radius 3 is 2.57 bits per heavy atom. The number of hydrogen-bond donors (Lipinski definition) is 2. The van der Waals surface area contributed by atoms with Gasteiger partial charge in [0.1, 0.15) is 0 Å². The quantitative estimate of drug-likeness (QED) is 0.885. The Morgan fingerprint density at radius 2 is 2.00 bits per heavy atom. The zero-order valence-electron chi connectivity index (χ0n) is 13.6. The van der Waals surface area contributed by atoms with E-state index in [2.05, 4.69) is 11.4 Å². The second-order valence-corrected chi connectivity index (χ2v) is 6.48. The van der Waals surface area contributed by atoms with Crippen molar-refractivity contribution in [1.82, 2.24) is 10.2 Å². The Kier molecular flexibility index (Phi) is 5.88. The number of rotatable bonds is 4. The minimum absolute atomic E-state index is 0.0421. The highest BCUT2D eigenvalue weighted by atomic mass is 35.5. The summed E-state index contributed by atoms with van der Waals surface area (Å²) in [6.45, 7) is 5.19. The van der Waals surface area contributed by atoms with Crippen LogP contribution >= 0.6 is 11.6 Å². The fourth-order valence-electron chi connectivity index (χ4n) is 3.10. The van der Waals surface area contributed by atoms with Gasteiger partial charge in [0.15, 0.2) is 0 Å². The van der Waals surface area contributed by atoms with E-state index in [1.165, 1.54) is 17.4 Å². The maximum Gasteiger partial charge on any atom is 0.407 e. The lowest BCUT2D eigenvalue weighted by atomic mass is 9.85. The monoisotopic (exact) mass is 338 g/mol. The summed E-state index contributed by atoms with van der Waals surface area (Å²) in [7, 11) is 0. The summed E-state index contributed by atoms with van der Waals surface area (Å²) in [6, 6.07) is 4.10. The van der Waals surface area contributed by atoms with Gasteiger partial charge < -0.3 is 15.3 Å². The molecular weight excluding hydrogens is 316 g/mol. The lowest BCUT2D eigenvalue weighted by Crippen LogP contribution is -2.37. The molecule has 2 rings (SSSR count). The number of piperidine rings is 1. The van der Waals surface area contributed by atoms with Gasteiger partial charge in [-0.25, -0.2) is 4.79 Å². The molecule has 0 aromatic heterocycles. The number of aryl methyl sites for hydroxylation is 1. The van der Waals surface area contributed by atoms with Crippen LogP contribution in [-0.4, -0.2) is 41.6 Å². The lowest BCUT2D eigenvalue weighted by Gasteiger charge is -2.31. The highest BCUT2D eigenvalue weighted by molar-refractivity contribution is 6.31. The largest absolute Gasteiger partial charge is 0.465 e. The predicted molar refractivity (Wildman–Crippen MR) is 90.1 cm³/mol. The maximum absolute atomic E-state index is 11.0. The first-order chi connectivity index (χ1) is 10.9. The van der Waals surface area contributed by atoms with Crippen LogP contribution in [0.2, 0.25) is 5.02 Å². The number of carbonyl (C=O) groups is 2. The number of carbonyl (C=O) groups excluding carboxylic acids is 1. The number of hydrogen-bond acceptors (Lipinski definition) is 2. The van der Waals surface area contributed by atoms with Crippen molar-refractivity contribution in [2.75, 3.05) is 19.6 Å². The van der Waals surface area contributed by atoms with Gasteiger partial charge in [0.05, 0.1) is 0 Å². The summed E-state index contributed by atoms with van der Waals surface area (Å²) in [6.07, 6.45) is 1.52. The van der Waals surface area contributed by atoms with Gasteiger partial charge in [-0.15, -0.1) is 0 Å². The normalized spacial score (nSPS) is 15.5. The topological polar surface area (TPSA) is 69.6 Å². The van der Waals surface area contributed by atoms with Crippen LogP contribution in [0.4, 0.5) is 4.79 Å². The minimum atomic E-state index is -0.846. The molecule has 2 N–H and O–H groups in total. The molecular formula is C17H23ClN2O3. The molecule has 23 heavy (non-hydrogen) atoms. The van der Waals surface area contributed by atoms with E-state index < -0.39 is 6.09 Å². The molecule has 1 aliphatic heterocycles. The first kappa shape index (κ1) is 17.6. The van der Waals surface area contributed by atoms with Crippen LogP contribution in [0.3, 0.4) is 0 Å². The van der Waals surface area contributed by atoms with E-state index in [0.717, 1.165) is 35.4 Å². The minimum Gasteiger partial charge on any atom is -0.465 e. The second kappa shape index (κ2) is 7.68. The highest BCUT2D eigenvalue weighted by Gasteiger charge is 2.25. The molecule has 0 radical (unpaired) electrons. The number of benzene rings is 1. The molecule has 0 unspecified atom stereocenters.